The molecule has 1 aromatic heterocycles. The monoisotopic (exact) mass is 481 g/mol. The molecule has 0 bridgehead atoms. The molecule has 0 saturated carbocycles. The number of nitrogens with one attached hydrogen (secondary N) is 2. The van der Waals surface area contributed by atoms with E-state index in [4.69, 9.17) is 14.2 Å². The number of pyridine rings is 1. The molecule has 0 aromatic carbocycles. The van der Waals surface area contributed by atoms with Crippen LogP contribution in [0.5, 0.6) is 0 Å². The average Bonchev–Trinajstić information content (AvgIpc) is 2.78. The van der Waals surface area contributed by atoms with Crippen molar-refractivity contribution in [3.63, 3.8) is 0 Å². The third-order valence-corrected chi connectivity index (χ3v) is 4.59. The highest BCUT2D eigenvalue weighted by atomic mass is 19.4. The number of amides is 1. The third-order valence-electron chi connectivity index (χ3n) is 4.59. The van der Waals surface area contributed by atoms with Gasteiger partial charge >= 0.3 is 12.1 Å². The smallest absolute Gasteiger partial charge is 0.433 e. The van der Waals surface area contributed by atoms with Gasteiger partial charge < -0.3 is 39.8 Å². The normalized spacial score (nSPS) is 23.1. The van der Waals surface area contributed by atoms with E-state index in [0.29, 0.717) is 0 Å². The molecule has 1 saturated heterocycles. The summed E-state index contributed by atoms with van der Waals surface area (Å²) in [6, 6.07) is 1.19. The van der Waals surface area contributed by atoms with Crippen LogP contribution >= 0.6 is 0 Å². The summed E-state index contributed by atoms with van der Waals surface area (Å²) in [5, 5.41) is 25.8. The molecule has 2 rings (SSSR count). The van der Waals surface area contributed by atoms with Crippen LogP contribution in [-0.2, 0) is 34.7 Å². The lowest BCUT2D eigenvalue weighted by atomic mass is 9.97. The second-order valence-electron chi connectivity index (χ2n) is 7.02. The van der Waals surface area contributed by atoms with Crippen molar-refractivity contribution >= 4 is 17.6 Å². The maximum Gasteiger partial charge on any atom is 0.433 e. The van der Waals surface area contributed by atoms with E-state index in [1.807, 2.05) is 0 Å². The fraction of sp³-hybridized carbons (Fsp3) is 0.632. The number of halogens is 3. The Bertz CT molecular complexity index is 783. The first kappa shape index (κ1) is 26.7. The summed E-state index contributed by atoms with van der Waals surface area (Å²) in [4.78, 5) is 25.9. The predicted molar refractivity (Wildman–Crippen MR) is 105 cm³/mol. The molecule has 186 valence electrons. The molecular weight excluding hydrogens is 455 g/mol. The SMILES string of the molecule is COC(=O)COCCOCC(=O)NC[C@H]1OC[C@H](Nc2ccnc(C(F)(F)F)c2)[C@@H](O)[C@H]1O. The first-order valence-corrected chi connectivity index (χ1v) is 9.88. The molecule has 1 aromatic rings. The van der Waals surface area contributed by atoms with Crippen LogP contribution in [0.2, 0.25) is 0 Å². The Balaban J connectivity index is 1.71. The van der Waals surface area contributed by atoms with Gasteiger partial charge in [0, 0.05) is 18.4 Å². The topological polar surface area (TPSA) is 148 Å². The van der Waals surface area contributed by atoms with Crippen molar-refractivity contribution in [1.82, 2.24) is 10.3 Å². The number of methoxy groups -OCH3 is 1. The highest BCUT2D eigenvalue weighted by Gasteiger charge is 2.39. The number of aliphatic hydroxyl groups is 2. The van der Waals surface area contributed by atoms with Gasteiger partial charge in [-0.1, -0.05) is 0 Å². The van der Waals surface area contributed by atoms with Crippen molar-refractivity contribution in [1.29, 1.82) is 0 Å². The number of hydrogen-bond acceptors (Lipinski definition) is 10. The minimum atomic E-state index is -4.62. The molecule has 1 aliphatic heterocycles. The van der Waals surface area contributed by atoms with Crippen LogP contribution in [0.1, 0.15) is 5.69 Å². The minimum absolute atomic E-state index is 0.0524. The van der Waals surface area contributed by atoms with Gasteiger partial charge in [0.05, 0.1) is 33.0 Å². The number of aliphatic hydroxyl groups excluding tert-OH is 2. The number of esters is 1. The molecule has 0 aliphatic carbocycles. The zero-order chi connectivity index (χ0) is 24.4. The van der Waals surface area contributed by atoms with Crippen LogP contribution < -0.4 is 10.6 Å². The Morgan fingerprint density at radius 2 is 1.91 bits per heavy atom. The van der Waals surface area contributed by atoms with Gasteiger partial charge in [0.2, 0.25) is 5.91 Å². The molecule has 1 fully saturated rings. The highest BCUT2D eigenvalue weighted by Crippen LogP contribution is 2.29. The van der Waals surface area contributed by atoms with E-state index in [1.54, 1.807) is 0 Å². The summed E-state index contributed by atoms with van der Waals surface area (Å²) in [7, 11) is 1.23. The summed E-state index contributed by atoms with van der Waals surface area (Å²) in [5.41, 5.74) is -1.05. The number of anilines is 1. The summed E-state index contributed by atoms with van der Waals surface area (Å²) in [6.07, 6.45) is -7.36. The molecule has 0 radical (unpaired) electrons. The maximum atomic E-state index is 12.8. The standard InChI is InChI=1S/C19H26F3N3O8/c1-30-16(27)10-32-5-4-31-9-15(26)24-7-13-18(29)17(28)12(8-33-13)25-11-2-3-23-14(6-11)19(20,21)22/h2-3,6,12-13,17-18,28-29H,4-5,7-10H2,1H3,(H,23,25)(H,24,26)/t12-,13+,17+,18-/m0/s1. The van der Waals surface area contributed by atoms with Gasteiger partial charge in [0.1, 0.15) is 37.2 Å². The van der Waals surface area contributed by atoms with Gasteiger partial charge in [-0.05, 0) is 12.1 Å². The van der Waals surface area contributed by atoms with E-state index >= 15 is 0 Å². The number of alkyl halides is 3. The van der Waals surface area contributed by atoms with Crippen LogP contribution in [-0.4, -0.2) is 98.1 Å². The fourth-order valence-corrected chi connectivity index (χ4v) is 2.84. The van der Waals surface area contributed by atoms with Gasteiger partial charge in [-0.2, -0.15) is 13.2 Å². The number of aromatic nitrogens is 1. The zero-order valence-electron chi connectivity index (χ0n) is 17.7. The molecule has 2 heterocycles. The summed E-state index contributed by atoms with van der Waals surface area (Å²) < 4.78 is 58.2. The minimum Gasteiger partial charge on any atom is -0.467 e. The Labute approximate surface area is 187 Å². The zero-order valence-corrected chi connectivity index (χ0v) is 17.7. The van der Waals surface area contributed by atoms with Gasteiger partial charge in [0.25, 0.3) is 0 Å². The van der Waals surface area contributed by atoms with Gasteiger partial charge in [-0.3, -0.25) is 9.78 Å². The summed E-state index contributed by atoms with van der Waals surface area (Å²) >= 11 is 0. The maximum absolute atomic E-state index is 12.8. The molecule has 4 N–H and O–H groups in total. The van der Waals surface area contributed by atoms with Gasteiger partial charge in [-0.25, -0.2) is 4.79 Å². The first-order valence-electron chi connectivity index (χ1n) is 9.88. The molecule has 11 nitrogen and oxygen atoms in total. The number of carbonyl (C=O) groups excluding carboxylic acids is 2. The van der Waals surface area contributed by atoms with E-state index in [9.17, 15) is 33.0 Å². The van der Waals surface area contributed by atoms with Crippen LogP contribution in [0.25, 0.3) is 0 Å². The summed E-state index contributed by atoms with van der Waals surface area (Å²) in [5.74, 6) is -1.05. The molecule has 14 heteroatoms. The Kier molecular flexibility index (Phi) is 10.2. The average molecular weight is 481 g/mol. The van der Waals surface area contributed by atoms with E-state index < -0.39 is 48.1 Å². The fourth-order valence-electron chi connectivity index (χ4n) is 2.84. The second-order valence-corrected chi connectivity index (χ2v) is 7.02. The van der Waals surface area contributed by atoms with Crippen LogP contribution in [0.15, 0.2) is 18.3 Å². The van der Waals surface area contributed by atoms with Crippen molar-refractivity contribution in [3.8, 4) is 0 Å². The number of ether oxygens (including phenoxy) is 4. The first-order chi connectivity index (χ1) is 15.6. The Hall–Kier alpha value is -2.52. The molecule has 4 atom stereocenters. The predicted octanol–water partition coefficient (Wildman–Crippen LogP) is -0.676. The Morgan fingerprint density at radius 3 is 2.58 bits per heavy atom. The molecule has 0 spiro atoms. The molecule has 1 amide bonds. The number of rotatable bonds is 11. The van der Waals surface area contributed by atoms with E-state index in [1.165, 1.54) is 13.2 Å². The van der Waals surface area contributed by atoms with Crippen LogP contribution in [0.3, 0.4) is 0 Å². The third kappa shape index (κ3) is 8.74. The van der Waals surface area contributed by atoms with Crippen molar-refractivity contribution in [2.24, 2.45) is 0 Å². The summed E-state index contributed by atoms with van der Waals surface area (Å²) in [6.45, 7) is -0.651. The molecule has 33 heavy (non-hydrogen) atoms. The van der Waals surface area contributed by atoms with E-state index in [0.717, 1.165) is 12.3 Å². The van der Waals surface area contributed by atoms with E-state index in [2.05, 4.69) is 20.4 Å². The number of hydrogen-bond donors (Lipinski definition) is 4. The number of nitrogens with zero attached hydrogens (tertiary/aromatic N) is 1. The van der Waals surface area contributed by atoms with E-state index in [-0.39, 0.29) is 45.3 Å². The lowest BCUT2D eigenvalue weighted by Gasteiger charge is -2.38. The lowest BCUT2D eigenvalue weighted by molar-refractivity contribution is -0.147. The van der Waals surface area contributed by atoms with Crippen LogP contribution in [0, 0.1) is 0 Å². The quantitative estimate of drug-likeness (QED) is 0.237. The van der Waals surface area contributed by atoms with Gasteiger partial charge in [-0.15, -0.1) is 0 Å². The van der Waals surface area contributed by atoms with Gasteiger partial charge in [0.15, 0.2) is 0 Å². The molecule has 0 unspecified atom stereocenters. The van der Waals surface area contributed by atoms with Crippen LogP contribution in [0.4, 0.5) is 18.9 Å². The highest BCUT2D eigenvalue weighted by molar-refractivity contribution is 5.77. The molecular formula is C19H26F3N3O8. The van der Waals surface area contributed by atoms with Crippen molar-refractivity contribution in [3.05, 3.63) is 24.0 Å². The van der Waals surface area contributed by atoms with Crippen molar-refractivity contribution in [2.45, 2.75) is 30.5 Å². The molecule has 1 aliphatic rings. The van der Waals surface area contributed by atoms with Crippen molar-refractivity contribution in [2.75, 3.05) is 52.0 Å². The second kappa shape index (κ2) is 12.6. The Morgan fingerprint density at radius 1 is 1.21 bits per heavy atom. The van der Waals surface area contributed by atoms with Crippen molar-refractivity contribution < 1.29 is 51.9 Å². The number of carbonyl (C=O) groups is 2. The lowest BCUT2D eigenvalue weighted by Crippen LogP contribution is -2.58. The largest absolute Gasteiger partial charge is 0.467 e.